The summed E-state index contributed by atoms with van der Waals surface area (Å²) in [4.78, 5) is 2.49. The largest absolute Gasteiger partial charge is 0.508 e. The molecule has 0 amide bonds. The van der Waals surface area contributed by atoms with Crippen molar-refractivity contribution < 1.29 is 10.2 Å². The molecular weight excluding hydrogens is 394 g/mol. The Morgan fingerprint density at radius 3 is 2.57 bits per heavy atom. The normalized spacial score (nSPS) is 18.1. The summed E-state index contributed by atoms with van der Waals surface area (Å²) in [6.45, 7) is 9.80. The van der Waals surface area contributed by atoms with E-state index in [1.165, 1.54) is 17.3 Å². The maximum absolute atomic E-state index is 10.5. The van der Waals surface area contributed by atoms with Gasteiger partial charge in [0.1, 0.15) is 16.5 Å². The first-order valence-corrected chi connectivity index (χ1v) is 11.1. The Kier molecular flexibility index (Phi) is 5.45. The zero-order valence-corrected chi connectivity index (χ0v) is 18.8. The molecule has 2 aromatic carbocycles. The van der Waals surface area contributed by atoms with E-state index in [0.717, 1.165) is 29.7 Å². The minimum absolute atomic E-state index is 0.0141. The van der Waals surface area contributed by atoms with Gasteiger partial charge >= 0.3 is 0 Å². The Morgan fingerprint density at radius 1 is 1.10 bits per heavy atom. The van der Waals surface area contributed by atoms with Crippen LogP contribution in [0.1, 0.15) is 51.2 Å². The first-order chi connectivity index (χ1) is 14.4. The van der Waals surface area contributed by atoms with Crippen LogP contribution in [0.5, 0.6) is 11.5 Å². The first-order valence-electron chi connectivity index (χ1n) is 10.6. The van der Waals surface area contributed by atoms with Crippen molar-refractivity contribution in [3.8, 4) is 33.9 Å². The summed E-state index contributed by atoms with van der Waals surface area (Å²) in [6.07, 6.45) is 1.78. The number of phenols is 2. The fraction of sp³-hybridized carbons (Fsp3) is 0.375. The van der Waals surface area contributed by atoms with Crippen LogP contribution in [0.15, 0.2) is 35.4 Å². The van der Waals surface area contributed by atoms with Crippen LogP contribution in [0, 0.1) is 0 Å². The lowest BCUT2D eigenvalue weighted by Gasteiger charge is -2.25. The maximum atomic E-state index is 10.5. The topological polar surface area (TPSA) is 72.4 Å². The number of aromatic amines is 1. The molecule has 0 saturated carbocycles. The van der Waals surface area contributed by atoms with Gasteiger partial charge in [0.2, 0.25) is 0 Å². The number of aryl methyl sites for hydroxylation is 1. The molecule has 0 radical (unpaired) electrons. The van der Waals surface area contributed by atoms with Crippen LogP contribution < -0.4 is 4.90 Å². The Balaban J connectivity index is 1.84. The molecule has 0 aliphatic carbocycles. The Bertz CT molecular complexity index is 1090. The van der Waals surface area contributed by atoms with E-state index in [9.17, 15) is 10.2 Å². The van der Waals surface area contributed by atoms with E-state index in [0.29, 0.717) is 34.7 Å². The molecule has 5 nitrogen and oxygen atoms in total. The molecule has 0 spiro atoms. The van der Waals surface area contributed by atoms with Crippen molar-refractivity contribution in [2.24, 2.45) is 0 Å². The summed E-state index contributed by atoms with van der Waals surface area (Å²) >= 11 is 4.60. The van der Waals surface area contributed by atoms with Gasteiger partial charge in [-0.25, -0.2) is 0 Å². The number of nitrogens with zero attached hydrogens (tertiary/aromatic N) is 2. The predicted molar refractivity (Wildman–Crippen MR) is 125 cm³/mol. The van der Waals surface area contributed by atoms with Gasteiger partial charge in [0, 0.05) is 41.4 Å². The molecule has 2 heterocycles. The third-order valence-electron chi connectivity index (χ3n) is 6.39. The van der Waals surface area contributed by atoms with Crippen molar-refractivity contribution in [3.63, 3.8) is 0 Å². The van der Waals surface area contributed by atoms with Gasteiger partial charge in [-0.05, 0) is 54.7 Å². The van der Waals surface area contributed by atoms with E-state index >= 15 is 0 Å². The van der Waals surface area contributed by atoms with Crippen LogP contribution in [0.4, 0.5) is 5.69 Å². The van der Waals surface area contributed by atoms with Crippen molar-refractivity contribution in [2.45, 2.75) is 57.5 Å². The number of H-pyrrole nitrogens is 1. The quantitative estimate of drug-likeness (QED) is 0.396. The molecule has 0 saturated heterocycles. The number of phenolic OH excluding ortho intramolecular Hbond substituents is 2. The zero-order valence-electron chi connectivity index (χ0n) is 17.9. The highest BCUT2D eigenvalue weighted by atomic mass is 32.1. The summed E-state index contributed by atoms with van der Waals surface area (Å²) < 4.78 is 0. The molecule has 2 atom stereocenters. The van der Waals surface area contributed by atoms with Gasteiger partial charge in [-0.1, -0.05) is 26.8 Å². The van der Waals surface area contributed by atoms with Gasteiger partial charge in [0.05, 0.1) is 5.69 Å². The van der Waals surface area contributed by atoms with Gasteiger partial charge in [0.25, 0.3) is 0 Å². The smallest absolute Gasteiger partial charge is 0.128 e. The highest BCUT2D eigenvalue weighted by molar-refractivity contribution is 7.80. The van der Waals surface area contributed by atoms with E-state index in [1.807, 2.05) is 13.0 Å². The Labute approximate surface area is 183 Å². The number of aromatic hydroxyl groups is 2. The van der Waals surface area contributed by atoms with Crippen LogP contribution >= 0.6 is 12.6 Å². The summed E-state index contributed by atoms with van der Waals surface area (Å²) in [6, 6.07) is 10.2. The SMILES string of the molecule is CCCN1c2ccc(-c3c(S)n[nH]c3-c3cc(CC)c(O)cc3O)cc2C(C)C1C. The van der Waals surface area contributed by atoms with E-state index < -0.39 is 0 Å². The lowest BCUT2D eigenvalue weighted by atomic mass is 9.93. The number of benzene rings is 2. The summed E-state index contributed by atoms with van der Waals surface area (Å²) in [5, 5.41) is 28.5. The molecule has 30 heavy (non-hydrogen) atoms. The number of nitrogens with one attached hydrogen (secondary N) is 1. The van der Waals surface area contributed by atoms with E-state index in [1.54, 1.807) is 0 Å². The fourth-order valence-corrected chi connectivity index (χ4v) is 4.85. The molecule has 4 rings (SSSR count). The van der Waals surface area contributed by atoms with Gasteiger partial charge in [-0.15, -0.1) is 12.6 Å². The highest BCUT2D eigenvalue weighted by Gasteiger charge is 2.32. The summed E-state index contributed by atoms with van der Waals surface area (Å²) in [7, 11) is 0. The molecular formula is C24H29N3O2S. The van der Waals surface area contributed by atoms with Gasteiger partial charge in [0.15, 0.2) is 0 Å². The molecule has 3 aromatic rings. The van der Waals surface area contributed by atoms with Crippen molar-refractivity contribution in [2.75, 3.05) is 11.4 Å². The first kappa shape index (κ1) is 20.7. The molecule has 0 bridgehead atoms. The van der Waals surface area contributed by atoms with E-state index in [2.05, 4.69) is 66.7 Å². The third-order valence-corrected chi connectivity index (χ3v) is 6.71. The van der Waals surface area contributed by atoms with Crippen molar-refractivity contribution in [1.82, 2.24) is 10.2 Å². The number of thiol groups is 1. The number of hydrogen-bond acceptors (Lipinski definition) is 5. The minimum atomic E-state index is 0.0141. The Morgan fingerprint density at radius 2 is 1.87 bits per heavy atom. The monoisotopic (exact) mass is 423 g/mol. The molecule has 1 aromatic heterocycles. The van der Waals surface area contributed by atoms with Crippen LogP contribution in [0.3, 0.4) is 0 Å². The molecule has 6 heteroatoms. The van der Waals surface area contributed by atoms with E-state index in [-0.39, 0.29) is 11.5 Å². The van der Waals surface area contributed by atoms with Crippen molar-refractivity contribution in [1.29, 1.82) is 0 Å². The molecule has 1 aliphatic rings. The van der Waals surface area contributed by atoms with Crippen LogP contribution in [0.2, 0.25) is 0 Å². The van der Waals surface area contributed by atoms with Gasteiger partial charge in [-0.3, -0.25) is 5.10 Å². The molecule has 3 N–H and O–H groups in total. The fourth-order valence-electron chi connectivity index (χ4n) is 4.56. The summed E-state index contributed by atoms with van der Waals surface area (Å²) in [5.74, 6) is 0.543. The number of hydrogen-bond donors (Lipinski definition) is 4. The average molecular weight is 424 g/mol. The number of aromatic nitrogens is 2. The maximum Gasteiger partial charge on any atom is 0.128 e. The second kappa shape index (κ2) is 7.91. The standard InChI is InChI=1S/C24H29N3O2S/c1-5-9-27-14(4)13(3)17-11-16(7-8-19(17)27)22-23(25-26-24(22)30)18-10-15(6-2)20(28)12-21(18)29/h7-8,10-14,28-29H,5-6,9H2,1-4H3,(H2,25,26,30). The third kappa shape index (κ3) is 3.23. The molecule has 158 valence electrons. The van der Waals surface area contributed by atoms with Gasteiger partial charge < -0.3 is 15.1 Å². The van der Waals surface area contributed by atoms with Crippen molar-refractivity contribution in [3.05, 3.63) is 41.5 Å². The lowest BCUT2D eigenvalue weighted by molar-refractivity contribution is 0.447. The molecule has 0 fully saturated rings. The van der Waals surface area contributed by atoms with Crippen LogP contribution in [-0.2, 0) is 6.42 Å². The molecule has 2 unspecified atom stereocenters. The second-order valence-corrected chi connectivity index (χ2v) is 8.57. The van der Waals surface area contributed by atoms with Crippen molar-refractivity contribution >= 4 is 18.3 Å². The summed E-state index contributed by atoms with van der Waals surface area (Å²) in [5.41, 5.74) is 6.60. The number of rotatable bonds is 5. The number of fused-ring (bicyclic) bond motifs is 1. The van der Waals surface area contributed by atoms with Gasteiger partial charge in [-0.2, -0.15) is 5.10 Å². The van der Waals surface area contributed by atoms with Crippen LogP contribution in [0.25, 0.3) is 22.4 Å². The Hall–Kier alpha value is -2.60. The number of anilines is 1. The average Bonchev–Trinajstić information content (AvgIpc) is 3.21. The van der Waals surface area contributed by atoms with E-state index in [4.69, 9.17) is 0 Å². The second-order valence-electron chi connectivity index (χ2n) is 8.15. The van der Waals surface area contributed by atoms with Crippen LogP contribution in [-0.4, -0.2) is 33.0 Å². The highest BCUT2D eigenvalue weighted by Crippen LogP contribution is 2.46. The lowest BCUT2D eigenvalue weighted by Crippen LogP contribution is -2.31. The minimum Gasteiger partial charge on any atom is -0.508 e. The zero-order chi connectivity index (χ0) is 21.6. The predicted octanol–water partition coefficient (Wildman–Crippen LogP) is 5.73. The molecule has 1 aliphatic heterocycles.